The number of nitrogens with zero attached hydrogens (tertiary/aromatic N) is 1. The van der Waals surface area contributed by atoms with Crippen LogP contribution in [0.1, 0.15) is 11.1 Å². The quantitative estimate of drug-likeness (QED) is 0.706. The molecule has 0 spiro atoms. The number of hydrogen-bond acceptors (Lipinski definition) is 4. The standard InChI is InChI=1S/C18H16BrN3O2/c19-15-17(23)21-16(14-8-6-12(10-20)7-9-14)22-18(15)24-11-13-4-2-1-3-5-13/h1-9H,10-11,20H2,(H,21,22,23). The summed E-state index contributed by atoms with van der Waals surface area (Å²) in [6.45, 7) is 0.803. The van der Waals surface area contributed by atoms with Crippen LogP contribution in [0.5, 0.6) is 5.88 Å². The van der Waals surface area contributed by atoms with Crippen LogP contribution < -0.4 is 16.0 Å². The fourth-order valence-electron chi connectivity index (χ4n) is 2.20. The second-order valence-electron chi connectivity index (χ2n) is 5.21. The van der Waals surface area contributed by atoms with Gasteiger partial charge in [-0.15, -0.1) is 0 Å². The van der Waals surface area contributed by atoms with Crippen molar-refractivity contribution >= 4 is 15.9 Å². The lowest BCUT2D eigenvalue weighted by molar-refractivity contribution is 0.291. The predicted octanol–water partition coefficient (Wildman–Crippen LogP) is 3.24. The fourth-order valence-corrected chi connectivity index (χ4v) is 2.50. The Balaban J connectivity index is 1.89. The van der Waals surface area contributed by atoms with Crippen molar-refractivity contribution < 1.29 is 4.74 Å². The second kappa shape index (κ2) is 7.42. The van der Waals surface area contributed by atoms with Gasteiger partial charge in [-0.3, -0.25) is 4.79 Å². The maximum Gasteiger partial charge on any atom is 0.269 e. The van der Waals surface area contributed by atoms with Gasteiger partial charge in [-0.25, -0.2) is 0 Å². The highest BCUT2D eigenvalue weighted by Gasteiger charge is 2.12. The van der Waals surface area contributed by atoms with Crippen LogP contribution in [0.3, 0.4) is 0 Å². The molecule has 0 bridgehead atoms. The first kappa shape index (κ1) is 16.4. The Hall–Kier alpha value is -2.44. The lowest BCUT2D eigenvalue weighted by atomic mass is 10.1. The average molecular weight is 386 g/mol. The van der Waals surface area contributed by atoms with Gasteiger partial charge in [0, 0.05) is 12.1 Å². The van der Waals surface area contributed by atoms with E-state index in [0.717, 1.165) is 16.7 Å². The van der Waals surface area contributed by atoms with Crippen molar-refractivity contribution in [3.8, 4) is 17.3 Å². The Morgan fingerprint density at radius 2 is 1.75 bits per heavy atom. The van der Waals surface area contributed by atoms with E-state index in [9.17, 15) is 4.79 Å². The first-order valence-electron chi connectivity index (χ1n) is 7.43. The minimum absolute atomic E-state index is 0.264. The van der Waals surface area contributed by atoms with E-state index in [2.05, 4.69) is 25.9 Å². The molecule has 0 fully saturated rings. The van der Waals surface area contributed by atoms with Gasteiger partial charge in [0.2, 0.25) is 5.88 Å². The topological polar surface area (TPSA) is 81.0 Å². The van der Waals surface area contributed by atoms with Gasteiger partial charge in [0.05, 0.1) is 0 Å². The third-order valence-electron chi connectivity index (χ3n) is 3.51. The SMILES string of the molecule is NCc1ccc(-c2nc(OCc3ccccc3)c(Br)c(=O)[nH]2)cc1. The average Bonchev–Trinajstić information content (AvgIpc) is 2.63. The van der Waals surface area contributed by atoms with Gasteiger partial charge in [-0.1, -0.05) is 54.6 Å². The van der Waals surface area contributed by atoms with Crippen LogP contribution in [0.15, 0.2) is 63.9 Å². The number of rotatable bonds is 5. The molecular formula is C18H16BrN3O2. The molecule has 3 N–H and O–H groups in total. The Morgan fingerprint density at radius 1 is 1.04 bits per heavy atom. The number of H-pyrrole nitrogens is 1. The van der Waals surface area contributed by atoms with Gasteiger partial charge in [0.15, 0.2) is 0 Å². The van der Waals surface area contributed by atoms with Crippen LogP contribution >= 0.6 is 15.9 Å². The lowest BCUT2D eigenvalue weighted by Crippen LogP contribution is -2.13. The number of nitrogens with two attached hydrogens (primary N) is 1. The van der Waals surface area contributed by atoms with Gasteiger partial charge in [0.25, 0.3) is 5.56 Å². The van der Waals surface area contributed by atoms with Crippen molar-refractivity contribution in [2.75, 3.05) is 0 Å². The maximum atomic E-state index is 12.1. The molecule has 0 saturated carbocycles. The number of aromatic nitrogens is 2. The molecule has 122 valence electrons. The van der Waals surface area contributed by atoms with E-state index in [1.807, 2.05) is 54.6 Å². The van der Waals surface area contributed by atoms with Crippen molar-refractivity contribution in [1.29, 1.82) is 0 Å². The Morgan fingerprint density at radius 3 is 2.42 bits per heavy atom. The van der Waals surface area contributed by atoms with Gasteiger partial charge < -0.3 is 15.5 Å². The Bertz CT molecular complexity index is 877. The zero-order chi connectivity index (χ0) is 16.9. The van der Waals surface area contributed by atoms with E-state index >= 15 is 0 Å². The van der Waals surface area contributed by atoms with Crippen molar-refractivity contribution in [1.82, 2.24) is 9.97 Å². The number of ether oxygens (including phenoxy) is 1. The molecule has 24 heavy (non-hydrogen) atoms. The largest absolute Gasteiger partial charge is 0.472 e. The zero-order valence-electron chi connectivity index (χ0n) is 12.8. The lowest BCUT2D eigenvalue weighted by Gasteiger charge is -2.09. The molecular weight excluding hydrogens is 370 g/mol. The highest BCUT2D eigenvalue weighted by Crippen LogP contribution is 2.23. The molecule has 1 aromatic heterocycles. The molecule has 6 heteroatoms. The normalized spacial score (nSPS) is 10.6. The molecule has 0 aliphatic rings. The van der Waals surface area contributed by atoms with E-state index in [0.29, 0.717) is 19.0 Å². The molecule has 0 saturated heterocycles. The zero-order valence-corrected chi connectivity index (χ0v) is 14.4. The number of hydrogen-bond donors (Lipinski definition) is 2. The molecule has 0 aliphatic carbocycles. The van der Waals surface area contributed by atoms with E-state index < -0.39 is 0 Å². The smallest absolute Gasteiger partial charge is 0.269 e. The second-order valence-corrected chi connectivity index (χ2v) is 6.00. The molecule has 0 aliphatic heterocycles. The summed E-state index contributed by atoms with van der Waals surface area (Å²) in [5.41, 5.74) is 8.12. The first-order chi connectivity index (χ1) is 11.7. The summed E-state index contributed by atoms with van der Waals surface area (Å²) < 4.78 is 5.99. The van der Waals surface area contributed by atoms with Gasteiger partial charge in [-0.2, -0.15) is 4.98 Å². The van der Waals surface area contributed by atoms with Crippen LogP contribution in [-0.4, -0.2) is 9.97 Å². The third kappa shape index (κ3) is 3.72. The summed E-state index contributed by atoms with van der Waals surface area (Å²) in [4.78, 5) is 19.3. The molecule has 0 amide bonds. The molecule has 0 unspecified atom stereocenters. The van der Waals surface area contributed by atoms with Crippen LogP contribution in [0.4, 0.5) is 0 Å². The molecule has 1 heterocycles. The van der Waals surface area contributed by atoms with Gasteiger partial charge in [0.1, 0.15) is 16.9 Å². The minimum atomic E-state index is -0.286. The Kier molecular flexibility index (Phi) is 5.08. The molecule has 2 aromatic carbocycles. The van der Waals surface area contributed by atoms with Crippen molar-refractivity contribution in [3.05, 3.63) is 80.6 Å². The summed E-state index contributed by atoms with van der Waals surface area (Å²) in [6.07, 6.45) is 0. The van der Waals surface area contributed by atoms with E-state index in [-0.39, 0.29) is 15.9 Å². The van der Waals surface area contributed by atoms with Crippen LogP contribution in [0.25, 0.3) is 11.4 Å². The molecule has 3 aromatic rings. The van der Waals surface area contributed by atoms with E-state index in [1.165, 1.54) is 0 Å². The predicted molar refractivity (Wildman–Crippen MR) is 96.7 cm³/mol. The molecule has 0 radical (unpaired) electrons. The Labute approximate surface area is 147 Å². The highest BCUT2D eigenvalue weighted by atomic mass is 79.9. The first-order valence-corrected chi connectivity index (χ1v) is 8.22. The molecule has 0 atom stereocenters. The monoisotopic (exact) mass is 385 g/mol. The molecule has 3 rings (SSSR count). The maximum absolute atomic E-state index is 12.1. The minimum Gasteiger partial charge on any atom is -0.472 e. The van der Waals surface area contributed by atoms with Gasteiger partial charge in [-0.05, 0) is 27.1 Å². The third-order valence-corrected chi connectivity index (χ3v) is 4.21. The number of nitrogens with one attached hydrogen (secondary N) is 1. The van der Waals surface area contributed by atoms with Crippen LogP contribution in [-0.2, 0) is 13.2 Å². The number of aromatic amines is 1. The van der Waals surface area contributed by atoms with Crippen molar-refractivity contribution in [2.24, 2.45) is 5.73 Å². The van der Waals surface area contributed by atoms with Crippen molar-refractivity contribution in [3.63, 3.8) is 0 Å². The number of benzene rings is 2. The summed E-state index contributed by atoms with van der Waals surface area (Å²) in [5.74, 6) is 0.718. The van der Waals surface area contributed by atoms with Gasteiger partial charge >= 0.3 is 0 Å². The summed E-state index contributed by atoms with van der Waals surface area (Å²) in [7, 11) is 0. The summed E-state index contributed by atoms with van der Waals surface area (Å²) in [6, 6.07) is 17.3. The summed E-state index contributed by atoms with van der Waals surface area (Å²) in [5, 5.41) is 0. The van der Waals surface area contributed by atoms with Crippen molar-refractivity contribution in [2.45, 2.75) is 13.2 Å². The highest BCUT2D eigenvalue weighted by molar-refractivity contribution is 9.10. The van der Waals surface area contributed by atoms with E-state index in [1.54, 1.807) is 0 Å². The fraction of sp³-hybridized carbons (Fsp3) is 0.111. The van der Waals surface area contributed by atoms with Crippen LogP contribution in [0, 0.1) is 0 Å². The molecule has 5 nitrogen and oxygen atoms in total. The summed E-state index contributed by atoms with van der Waals surface area (Å²) >= 11 is 3.24. The number of halogens is 1. The van der Waals surface area contributed by atoms with Crippen LogP contribution in [0.2, 0.25) is 0 Å². The van der Waals surface area contributed by atoms with E-state index in [4.69, 9.17) is 10.5 Å².